The highest BCUT2D eigenvalue weighted by atomic mass is 35.5. The van der Waals surface area contributed by atoms with Crippen molar-refractivity contribution in [2.75, 3.05) is 20.6 Å². The van der Waals surface area contributed by atoms with Gasteiger partial charge in [-0.05, 0) is 26.2 Å². The first kappa shape index (κ1) is 18.8. The molecule has 0 radical (unpaired) electrons. The van der Waals surface area contributed by atoms with Crippen LogP contribution >= 0.6 is 12.4 Å². The van der Waals surface area contributed by atoms with Crippen molar-refractivity contribution in [1.29, 1.82) is 0 Å². The van der Waals surface area contributed by atoms with Crippen molar-refractivity contribution in [3.05, 3.63) is 67.4 Å². The van der Waals surface area contributed by atoms with Crippen LogP contribution in [0.15, 0.2) is 46.0 Å². The van der Waals surface area contributed by atoms with Gasteiger partial charge in [0, 0.05) is 36.0 Å². The number of para-hydroxylation sites is 1. The number of benzene rings is 2. The van der Waals surface area contributed by atoms with Gasteiger partial charge in [-0.2, -0.15) is 0 Å². The van der Waals surface area contributed by atoms with E-state index in [1.54, 1.807) is 24.3 Å². The van der Waals surface area contributed by atoms with Crippen molar-refractivity contribution in [3.63, 3.8) is 0 Å². The van der Waals surface area contributed by atoms with Crippen LogP contribution in [0.3, 0.4) is 0 Å². The van der Waals surface area contributed by atoms with E-state index in [2.05, 4.69) is 0 Å². The van der Waals surface area contributed by atoms with Gasteiger partial charge < -0.3 is 4.90 Å². The monoisotopic (exact) mass is 388 g/mol. The summed E-state index contributed by atoms with van der Waals surface area (Å²) in [7, 11) is 3.74. The summed E-state index contributed by atoms with van der Waals surface area (Å²) in [6.07, 6.45) is 0. The molecule has 0 saturated carbocycles. The van der Waals surface area contributed by atoms with Crippen LogP contribution in [0, 0.1) is 10.1 Å². The van der Waals surface area contributed by atoms with Crippen molar-refractivity contribution in [1.82, 2.24) is 13.9 Å². The van der Waals surface area contributed by atoms with Gasteiger partial charge in [-0.15, -0.1) is 12.4 Å². The summed E-state index contributed by atoms with van der Waals surface area (Å²) in [5.74, 6) is 0. The number of halogens is 1. The first-order valence-corrected chi connectivity index (χ1v) is 8.12. The standard InChI is InChI=1S/C18H16N4O4.ClH/c1-19(2)8-9-20-17(23)13-5-3-4-12-14-10-11(22(25)26)6-7-15(14)21(16(12)13)18(20)24;/h3-7,10H,8-9H2,1-2H3;1H. The molecule has 2 aromatic heterocycles. The summed E-state index contributed by atoms with van der Waals surface area (Å²) in [5.41, 5.74) is 0.255. The van der Waals surface area contributed by atoms with Crippen molar-refractivity contribution in [2.24, 2.45) is 0 Å². The van der Waals surface area contributed by atoms with Crippen LogP contribution in [0.1, 0.15) is 0 Å². The third-order valence-electron chi connectivity index (χ3n) is 4.65. The molecule has 0 bridgehead atoms. The molecule has 8 nitrogen and oxygen atoms in total. The average molecular weight is 389 g/mol. The number of rotatable bonds is 4. The zero-order valence-corrected chi connectivity index (χ0v) is 15.5. The molecule has 0 aliphatic heterocycles. The molecular formula is C18H17ClN4O4. The van der Waals surface area contributed by atoms with E-state index in [4.69, 9.17) is 0 Å². The fourth-order valence-electron chi connectivity index (χ4n) is 3.39. The second-order valence-corrected chi connectivity index (χ2v) is 6.54. The van der Waals surface area contributed by atoms with Gasteiger partial charge in [0.15, 0.2) is 0 Å². The smallest absolute Gasteiger partial charge is 0.308 e. The summed E-state index contributed by atoms with van der Waals surface area (Å²) in [5, 5.41) is 12.8. The summed E-state index contributed by atoms with van der Waals surface area (Å²) in [6, 6.07) is 9.58. The van der Waals surface area contributed by atoms with Crippen LogP contribution in [-0.4, -0.2) is 39.4 Å². The van der Waals surface area contributed by atoms with E-state index < -0.39 is 10.6 Å². The Morgan fingerprint density at radius 1 is 1.07 bits per heavy atom. The lowest BCUT2D eigenvalue weighted by molar-refractivity contribution is -0.384. The van der Waals surface area contributed by atoms with Crippen LogP contribution in [0.2, 0.25) is 0 Å². The maximum atomic E-state index is 13.0. The molecule has 0 saturated heterocycles. The second kappa shape index (κ2) is 6.64. The largest absolute Gasteiger partial charge is 0.336 e. The first-order valence-electron chi connectivity index (χ1n) is 8.12. The zero-order valence-electron chi connectivity index (χ0n) is 14.7. The highest BCUT2D eigenvalue weighted by Gasteiger charge is 2.20. The summed E-state index contributed by atoms with van der Waals surface area (Å²) < 4.78 is 2.71. The fraction of sp³-hybridized carbons (Fsp3) is 0.222. The maximum Gasteiger partial charge on any atom is 0.336 e. The van der Waals surface area contributed by atoms with E-state index in [1.165, 1.54) is 21.1 Å². The third kappa shape index (κ3) is 2.73. The van der Waals surface area contributed by atoms with E-state index in [9.17, 15) is 19.7 Å². The minimum atomic E-state index is -0.470. The summed E-state index contributed by atoms with van der Waals surface area (Å²) in [6.45, 7) is 0.820. The van der Waals surface area contributed by atoms with Crippen molar-refractivity contribution >= 4 is 45.3 Å². The van der Waals surface area contributed by atoms with E-state index in [0.717, 1.165) is 0 Å². The molecule has 0 atom stereocenters. The number of hydrogen-bond donors (Lipinski definition) is 0. The lowest BCUT2D eigenvalue weighted by atomic mass is 10.1. The highest BCUT2D eigenvalue weighted by molar-refractivity contribution is 6.14. The van der Waals surface area contributed by atoms with Gasteiger partial charge in [0.05, 0.1) is 21.3 Å². The van der Waals surface area contributed by atoms with Gasteiger partial charge in [-0.1, -0.05) is 12.1 Å². The second-order valence-electron chi connectivity index (χ2n) is 6.54. The highest BCUT2D eigenvalue weighted by Crippen LogP contribution is 2.31. The number of nitro groups is 1. The number of fused-ring (bicyclic) bond motifs is 3. The molecule has 140 valence electrons. The number of non-ortho nitro benzene ring substituents is 1. The minimum absolute atomic E-state index is 0. The van der Waals surface area contributed by atoms with Gasteiger partial charge in [0.25, 0.3) is 11.2 Å². The van der Waals surface area contributed by atoms with Crippen LogP contribution in [0.5, 0.6) is 0 Å². The Balaban J connectivity index is 0.00000210. The Morgan fingerprint density at radius 3 is 2.44 bits per heavy atom. The van der Waals surface area contributed by atoms with Gasteiger partial charge in [0.2, 0.25) is 0 Å². The maximum absolute atomic E-state index is 13.0. The molecule has 0 N–H and O–H groups in total. The van der Waals surface area contributed by atoms with Crippen LogP contribution < -0.4 is 11.2 Å². The van der Waals surface area contributed by atoms with Gasteiger partial charge in [0.1, 0.15) is 0 Å². The Bertz CT molecular complexity index is 1290. The normalized spacial score (nSPS) is 11.5. The molecule has 9 heteroatoms. The number of likely N-dealkylation sites (N-methyl/N-ethyl adjacent to an activating group) is 1. The van der Waals surface area contributed by atoms with E-state index in [0.29, 0.717) is 33.7 Å². The Labute approximate surface area is 159 Å². The molecule has 0 spiro atoms. The molecule has 2 aromatic carbocycles. The van der Waals surface area contributed by atoms with E-state index >= 15 is 0 Å². The number of hydrogen-bond acceptors (Lipinski definition) is 5. The fourth-order valence-corrected chi connectivity index (χ4v) is 3.39. The lowest BCUT2D eigenvalue weighted by Crippen LogP contribution is -2.39. The quantitative estimate of drug-likeness (QED) is 0.394. The topological polar surface area (TPSA) is 89.9 Å². The van der Waals surface area contributed by atoms with Crippen molar-refractivity contribution < 1.29 is 4.92 Å². The number of nitrogens with zero attached hydrogens (tertiary/aromatic N) is 4. The molecule has 0 amide bonds. The van der Waals surface area contributed by atoms with Crippen molar-refractivity contribution in [3.8, 4) is 0 Å². The number of aromatic nitrogens is 2. The molecule has 0 aliphatic rings. The predicted molar refractivity (Wildman–Crippen MR) is 107 cm³/mol. The summed E-state index contributed by atoms with van der Waals surface area (Å²) >= 11 is 0. The Kier molecular flexibility index (Phi) is 4.63. The molecule has 4 rings (SSSR count). The van der Waals surface area contributed by atoms with E-state index in [-0.39, 0.29) is 30.2 Å². The van der Waals surface area contributed by atoms with Crippen LogP contribution in [-0.2, 0) is 6.54 Å². The molecule has 0 fully saturated rings. The Morgan fingerprint density at radius 2 is 1.78 bits per heavy atom. The SMILES string of the molecule is CN(C)CCn1c(=O)c2cccc3c4cc([N+](=O)[O-])ccc4n(c1=O)c23.Cl. The molecule has 2 heterocycles. The minimum Gasteiger partial charge on any atom is -0.308 e. The lowest BCUT2D eigenvalue weighted by Gasteiger charge is -2.12. The molecule has 0 aliphatic carbocycles. The first-order chi connectivity index (χ1) is 12.4. The Hall–Kier alpha value is -2.97. The van der Waals surface area contributed by atoms with Gasteiger partial charge >= 0.3 is 5.69 Å². The van der Waals surface area contributed by atoms with Crippen LogP contribution in [0.25, 0.3) is 27.2 Å². The molecule has 27 heavy (non-hydrogen) atoms. The van der Waals surface area contributed by atoms with Crippen molar-refractivity contribution in [2.45, 2.75) is 6.54 Å². The third-order valence-corrected chi connectivity index (χ3v) is 4.65. The van der Waals surface area contributed by atoms with Crippen LogP contribution in [0.4, 0.5) is 5.69 Å². The number of nitro benzene ring substituents is 1. The molecular weight excluding hydrogens is 372 g/mol. The predicted octanol–water partition coefficient (Wildman–Crippen LogP) is 2.10. The van der Waals surface area contributed by atoms with Gasteiger partial charge in [-0.3, -0.25) is 23.9 Å². The molecule has 4 aromatic rings. The van der Waals surface area contributed by atoms with E-state index in [1.807, 2.05) is 19.0 Å². The van der Waals surface area contributed by atoms with Gasteiger partial charge in [-0.25, -0.2) is 4.79 Å². The zero-order chi connectivity index (χ0) is 18.6. The summed E-state index contributed by atoms with van der Waals surface area (Å²) in [4.78, 5) is 38.4. The average Bonchev–Trinajstić information content (AvgIpc) is 2.94. The molecule has 0 unspecified atom stereocenters.